The van der Waals surface area contributed by atoms with Gasteiger partial charge in [0.05, 0.1) is 41.8 Å². The van der Waals surface area contributed by atoms with E-state index in [-0.39, 0.29) is 46.9 Å². The molecule has 1 amide bonds. The van der Waals surface area contributed by atoms with Gasteiger partial charge >= 0.3 is 0 Å². The van der Waals surface area contributed by atoms with Crippen molar-refractivity contribution in [2.45, 2.75) is 19.4 Å². The molecule has 0 aliphatic heterocycles. The standard InChI is InChI=1S/C23H20F2N8O/c1-13(14-4-2-5-16(8-14)31-19(34)10-27)30-23-29-11-15(9-26)20(32-23)18-12-28-22-17(21(24)25)6-3-7-33(18)22/h2-8,11-13,21H,10,27H2,1H3,(H,31,34)(H,29,30,32)/t13-/m0/s1. The number of nitrogens with one attached hydrogen (secondary N) is 2. The second kappa shape index (κ2) is 9.60. The number of imidazole rings is 1. The molecule has 0 unspecified atom stereocenters. The van der Waals surface area contributed by atoms with Crippen molar-refractivity contribution in [3.05, 3.63) is 71.7 Å². The summed E-state index contributed by atoms with van der Waals surface area (Å²) < 4.78 is 28.2. The summed E-state index contributed by atoms with van der Waals surface area (Å²) in [5, 5.41) is 15.4. The van der Waals surface area contributed by atoms with E-state index >= 15 is 0 Å². The molecular formula is C23H20F2N8O. The van der Waals surface area contributed by atoms with Crippen LogP contribution in [0.5, 0.6) is 0 Å². The summed E-state index contributed by atoms with van der Waals surface area (Å²) in [5.41, 5.74) is 7.50. The van der Waals surface area contributed by atoms with Crippen molar-refractivity contribution in [3.8, 4) is 17.5 Å². The maximum Gasteiger partial charge on any atom is 0.267 e. The summed E-state index contributed by atoms with van der Waals surface area (Å²) in [6.45, 7) is 1.76. The maximum atomic E-state index is 13.4. The van der Waals surface area contributed by atoms with Crippen LogP contribution in [0.25, 0.3) is 17.0 Å². The van der Waals surface area contributed by atoms with Crippen LogP contribution in [0.15, 0.2) is 55.0 Å². The Morgan fingerprint density at radius 3 is 2.79 bits per heavy atom. The van der Waals surface area contributed by atoms with Crippen LogP contribution < -0.4 is 16.4 Å². The summed E-state index contributed by atoms with van der Waals surface area (Å²) in [4.78, 5) is 24.4. The molecule has 4 aromatic rings. The molecule has 4 rings (SSSR count). The Hall–Kier alpha value is -4.43. The summed E-state index contributed by atoms with van der Waals surface area (Å²) >= 11 is 0. The highest BCUT2D eigenvalue weighted by molar-refractivity contribution is 5.92. The molecule has 1 atom stereocenters. The predicted octanol–water partition coefficient (Wildman–Crippen LogP) is 3.67. The zero-order valence-corrected chi connectivity index (χ0v) is 18.0. The van der Waals surface area contributed by atoms with Gasteiger partial charge in [-0.1, -0.05) is 12.1 Å². The lowest BCUT2D eigenvalue weighted by Crippen LogP contribution is -2.22. The first-order valence-electron chi connectivity index (χ1n) is 10.3. The first kappa shape index (κ1) is 22.8. The Morgan fingerprint density at radius 2 is 2.06 bits per heavy atom. The zero-order valence-electron chi connectivity index (χ0n) is 18.0. The van der Waals surface area contributed by atoms with Crippen molar-refractivity contribution >= 4 is 23.2 Å². The number of hydrogen-bond acceptors (Lipinski definition) is 7. The quantitative estimate of drug-likeness (QED) is 0.381. The number of fused-ring (bicyclic) bond motifs is 1. The fourth-order valence-corrected chi connectivity index (χ4v) is 3.48. The van der Waals surface area contributed by atoms with Crippen LogP contribution in [0, 0.1) is 11.3 Å². The van der Waals surface area contributed by atoms with Gasteiger partial charge in [0.1, 0.15) is 17.4 Å². The van der Waals surface area contributed by atoms with Gasteiger partial charge in [-0.05, 0) is 36.8 Å². The Morgan fingerprint density at radius 1 is 1.24 bits per heavy atom. The zero-order chi connectivity index (χ0) is 24.2. The van der Waals surface area contributed by atoms with E-state index in [2.05, 4.69) is 25.6 Å². The van der Waals surface area contributed by atoms with E-state index in [0.717, 1.165) is 5.56 Å². The van der Waals surface area contributed by atoms with Gasteiger partial charge in [0, 0.05) is 11.9 Å². The molecule has 34 heavy (non-hydrogen) atoms. The number of halogens is 2. The number of anilines is 2. The highest BCUT2D eigenvalue weighted by Crippen LogP contribution is 2.29. The average molecular weight is 462 g/mol. The highest BCUT2D eigenvalue weighted by Gasteiger charge is 2.19. The first-order chi connectivity index (χ1) is 16.4. The van der Waals surface area contributed by atoms with Gasteiger partial charge in [-0.15, -0.1) is 0 Å². The Balaban J connectivity index is 1.66. The van der Waals surface area contributed by atoms with E-state index in [1.165, 1.54) is 28.9 Å². The van der Waals surface area contributed by atoms with Crippen LogP contribution in [0.1, 0.15) is 36.1 Å². The van der Waals surface area contributed by atoms with Crippen molar-refractivity contribution in [3.63, 3.8) is 0 Å². The molecule has 0 radical (unpaired) electrons. The van der Waals surface area contributed by atoms with Crippen LogP contribution >= 0.6 is 0 Å². The number of rotatable bonds is 7. The van der Waals surface area contributed by atoms with Crippen LogP contribution in [-0.2, 0) is 4.79 Å². The van der Waals surface area contributed by atoms with Gasteiger partial charge in [-0.3, -0.25) is 9.20 Å². The van der Waals surface area contributed by atoms with E-state index in [9.17, 15) is 18.8 Å². The number of hydrogen-bond donors (Lipinski definition) is 3. The van der Waals surface area contributed by atoms with E-state index in [0.29, 0.717) is 11.4 Å². The minimum Gasteiger partial charge on any atom is -0.348 e. The molecule has 0 spiro atoms. The first-order valence-corrected chi connectivity index (χ1v) is 10.3. The van der Waals surface area contributed by atoms with Crippen LogP contribution in [0.4, 0.5) is 20.4 Å². The number of carbonyl (C=O) groups is 1. The molecule has 1 aromatic carbocycles. The second-order valence-corrected chi connectivity index (χ2v) is 7.41. The van der Waals surface area contributed by atoms with Crippen molar-refractivity contribution in [2.24, 2.45) is 5.73 Å². The van der Waals surface area contributed by atoms with E-state index in [1.54, 1.807) is 24.4 Å². The van der Waals surface area contributed by atoms with Crippen LogP contribution in [0.3, 0.4) is 0 Å². The van der Waals surface area contributed by atoms with Crippen molar-refractivity contribution in [2.75, 3.05) is 17.2 Å². The number of aromatic nitrogens is 4. The van der Waals surface area contributed by atoms with E-state index in [4.69, 9.17) is 5.73 Å². The topological polar surface area (TPSA) is 134 Å². The Kier molecular flexibility index (Phi) is 6.42. The van der Waals surface area contributed by atoms with Gasteiger partial charge in [0.2, 0.25) is 11.9 Å². The number of nitrogens with two attached hydrogens (primary N) is 1. The Labute approximate surface area is 193 Å². The number of alkyl halides is 2. The third-order valence-corrected chi connectivity index (χ3v) is 5.15. The molecule has 172 valence electrons. The second-order valence-electron chi connectivity index (χ2n) is 7.41. The Bertz CT molecular complexity index is 1400. The van der Waals surface area contributed by atoms with Gasteiger partial charge in [0.15, 0.2) is 0 Å². The normalized spacial score (nSPS) is 11.9. The van der Waals surface area contributed by atoms with Gasteiger partial charge in [-0.25, -0.2) is 23.7 Å². The molecule has 11 heteroatoms. The van der Waals surface area contributed by atoms with E-state index in [1.807, 2.05) is 19.1 Å². The molecule has 0 saturated carbocycles. The number of carbonyl (C=O) groups excluding carboxylic acids is 1. The third kappa shape index (κ3) is 4.53. The predicted molar refractivity (Wildman–Crippen MR) is 122 cm³/mol. The molecule has 4 N–H and O–H groups in total. The SMILES string of the molecule is C[C@H](Nc1ncc(C#N)c(-c2cnc3c(C(F)F)cccn23)n1)c1cccc(NC(=O)CN)c1. The molecule has 0 saturated heterocycles. The van der Waals surface area contributed by atoms with Gasteiger partial charge in [-0.2, -0.15) is 5.26 Å². The van der Waals surface area contributed by atoms with Gasteiger partial charge < -0.3 is 16.4 Å². The summed E-state index contributed by atoms with van der Waals surface area (Å²) in [6.07, 6.45) is 1.67. The van der Waals surface area contributed by atoms with Crippen molar-refractivity contribution in [1.82, 2.24) is 19.4 Å². The maximum absolute atomic E-state index is 13.4. The van der Waals surface area contributed by atoms with Crippen LogP contribution in [0.2, 0.25) is 0 Å². The molecule has 0 aliphatic carbocycles. The number of amides is 1. The lowest BCUT2D eigenvalue weighted by molar-refractivity contribution is -0.114. The van der Waals surface area contributed by atoms with Crippen molar-refractivity contribution < 1.29 is 13.6 Å². The minimum atomic E-state index is -2.69. The van der Waals surface area contributed by atoms with Crippen LogP contribution in [-0.4, -0.2) is 31.8 Å². The molecular weight excluding hydrogens is 442 g/mol. The largest absolute Gasteiger partial charge is 0.348 e. The minimum absolute atomic E-state index is 0.0919. The fourth-order valence-electron chi connectivity index (χ4n) is 3.48. The summed E-state index contributed by atoms with van der Waals surface area (Å²) in [6, 6.07) is 11.8. The number of nitrogens with zero attached hydrogens (tertiary/aromatic N) is 5. The summed E-state index contributed by atoms with van der Waals surface area (Å²) in [5.74, 6) is -0.0706. The molecule has 0 fully saturated rings. The number of benzene rings is 1. The fraction of sp³-hybridized carbons (Fsp3) is 0.174. The number of nitriles is 1. The average Bonchev–Trinajstić information content (AvgIpc) is 3.28. The molecule has 0 bridgehead atoms. The number of pyridine rings is 1. The monoisotopic (exact) mass is 462 g/mol. The lowest BCUT2D eigenvalue weighted by Gasteiger charge is -2.16. The van der Waals surface area contributed by atoms with E-state index < -0.39 is 6.43 Å². The summed E-state index contributed by atoms with van der Waals surface area (Å²) in [7, 11) is 0. The smallest absolute Gasteiger partial charge is 0.267 e. The lowest BCUT2D eigenvalue weighted by atomic mass is 10.1. The molecule has 9 nitrogen and oxygen atoms in total. The molecule has 3 heterocycles. The third-order valence-electron chi connectivity index (χ3n) is 5.15. The highest BCUT2D eigenvalue weighted by atomic mass is 19.3. The van der Waals surface area contributed by atoms with Crippen molar-refractivity contribution in [1.29, 1.82) is 5.26 Å². The molecule has 3 aromatic heterocycles. The molecule has 0 aliphatic rings. The van der Waals surface area contributed by atoms with Gasteiger partial charge in [0.25, 0.3) is 6.43 Å².